The second-order valence-electron chi connectivity index (χ2n) is 9.45. The molecule has 1 aromatic heterocycles. The lowest BCUT2D eigenvalue weighted by Crippen LogP contribution is -2.05. The molecule has 5 rings (SSSR count). The number of aromatic hydroxyl groups is 2. The molecule has 1 saturated carbocycles. The van der Waals surface area contributed by atoms with Crippen molar-refractivity contribution >= 4 is 39.9 Å². The van der Waals surface area contributed by atoms with Gasteiger partial charge in [0.25, 0.3) is 0 Å². The van der Waals surface area contributed by atoms with Gasteiger partial charge in [-0.15, -0.1) is 0 Å². The monoisotopic (exact) mass is 520 g/mol. The van der Waals surface area contributed by atoms with Crippen molar-refractivity contribution < 1.29 is 24.5 Å². The minimum absolute atomic E-state index is 0.0480. The third-order valence-corrected chi connectivity index (χ3v) is 7.25. The standard InChI is InChI=1S/C29H26ClFN2O4/c1-16(32-24-14-19(30)13-22(27(24)34)17-6-3-2-4-7-17)26-23-15-20(31)10-11-25(23)33(28(26)35)21-9-5-8-18(12-21)29(36)37/h5,8-15,17,34-35H,2-4,6-7H2,1H3,(H,36,37). The molecule has 1 heterocycles. The first kappa shape index (κ1) is 24.8. The van der Waals surface area contributed by atoms with Crippen LogP contribution in [0.2, 0.25) is 5.02 Å². The summed E-state index contributed by atoms with van der Waals surface area (Å²) in [5.74, 6) is -1.57. The van der Waals surface area contributed by atoms with Crippen molar-refractivity contribution in [2.24, 2.45) is 4.99 Å². The van der Waals surface area contributed by atoms with Crippen LogP contribution in [0.15, 0.2) is 59.6 Å². The highest BCUT2D eigenvalue weighted by molar-refractivity contribution is 6.31. The van der Waals surface area contributed by atoms with Gasteiger partial charge in [0.1, 0.15) is 17.3 Å². The normalized spacial score (nSPS) is 14.8. The Morgan fingerprint density at radius 1 is 1.05 bits per heavy atom. The number of phenols is 1. The molecule has 0 aliphatic heterocycles. The second kappa shape index (κ2) is 9.90. The number of rotatable bonds is 5. The van der Waals surface area contributed by atoms with Gasteiger partial charge in [-0.3, -0.25) is 4.57 Å². The number of carbonyl (C=O) groups is 1. The largest absolute Gasteiger partial charge is 0.505 e. The zero-order valence-corrected chi connectivity index (χ0v) is 21.0. The van der Waals surface area contributed by atoms with Crippen molar-refractivity contribution in [1.29, 1.82) is 0 Å². The quantitative estimate of drug-likeness (QED) is 0.235. The van der Waals surface area contributed by atoms with Crippen LogP contribution >= 0.6 is 11.6 Å². The number of fused-ring (bicyclic) bond motifs is 1. The summed E-state index contributed by atoms with van der Waals surface area (Å²) < 4.78 is 15.8. The number of benzene rings is 3. The molecule has 190 valence electrons. The van der Waals surface area contributed by atoms with E-state index in [9.17, 15) is 24.5 Å². The number of nitrogens with zero attached hydrogens (tertiary/aromatic N) is 2. The van der Waals surface area contributed by atoms with Crippen molar-refractivity contribution in [3.05, 3.63) is 82.1 Å². The summed E-state index contributed by atoms with van der Waals surface area (Å²) in [6.45, 7) is 1.66. The van der Waals surface area contributed by atoms with Gasteiger partial charge in [-0.2, -0.15) is 0 Å². The lowest BCUT2D eigenvalue weighted by atomic mass is 9.83. The molecule has 4 aromatic rings. The zero-order chi connectivity index (χ0) is 26.3. The lowest BCUT2D eigenvalue weighted by molar-refractivity contribution is 0.0696. The smallest absolute Gasteiger partial charge is 0.335 e. The Morgan fingerprint density at radius 2 is 1.81 bits per heavy atom. The van der Waals surface area contributed by atoms with E-state index in [1.165, 1.54) is 41.3 Å². The summed E-state index contributed by atoms with van der Waals surface area (Å²) in [5.41, 5.74) is 2.58. The van der Waals surface area contributed by atoms with Gasteiger partial charge in [-0.1, -0.05) is 36.9 Å². The van der Waals surface area contributed by atoms with Crippen molar-refractivity contribution in [1.82, 2.24) is 4.57 Å². The molecule has 0 spiro atoms. The van der Waals surface area contributed by atoms with Crippen molar-refractivity contribution in [2.75, 3.05) is 0 Å². The highest BCUT2D eigenvalue weighted by Gasteiger charge is 2.24. The Bertz CT molecular complexity index is 1550. The Kier molecular flexibility index (Phi) is 6.65. The van der Waals surface area contributed by atoms with Crippen molar-refractivity contribution in [3.8, 4) is 17.3 Å². The van der Waals surface area contributed by atoms with E-state index in [-0.39, 0.29) is 34.4 Å². The minimum atomic E-state index is -1.10. The van der Waals surface area contributed by atoms with Gasteiger partial charge in [-0.25, -0.2) is 14.2 Å². The maximum Gasteiger partial charge on any atom is 0.335 e. The molecular weight excluding hydrogens is 495 g/mol. The predicted octanol–water partition coefficient (Wildman–Crippen LogP) is 7.72. The molecule has 3 aromatic carbocycles. The first-order valence-electron chi connectivity index (χ1n) is 12.2. The summed E-state index contributed by atoms with van der Waals surface area (Å²) >= 11 is 6.41. The summed E-state index contributed by atoms with van der Waals surface area (Å²) in [5, 5.41) is 32.7. The van der Waals surface area contributed by atoms with Crippen LogP contribution in [-0.2, 0) is 0 Å². The Hall–Kier alpha value is -3.84. The molecule has 1 aliphatic rings. The van der Waals surface area contributed by atoms with E-state index >= 15 is 0 Å². The van der Waals surface area contributed by atoms with Crippen LogP contribution in [-0.4, -0.2) is 31.6 Å². The predicted molar refractivity (Wildman–Crippen MR) is 143 cm³/mol. The molecule has 37 heavy (non-hydrogen) atoms. The van der Waals surface area contributed by atoms with E-state index < -0.39 is 11.8 Å². The summed E-state index contributed by atoms with van der Waals surface area (Å²) in [7, 11) is 0. The number of phenolic OH excluding ortho intramolecular Hbond substituents is 1. The van der Waals surface area contributed by atoms with Crippen LogP contribution in [0, 0.1) is 5.82 Å². The fourth-order valence-electron chi connectivity index (χ4n) is 5.30. The van der Waals surface area contributed by atoms with E-state index in [2.05, 4.69) is 4.99 Å². The van der Waals surface area contributed by atoms with Crippen LogP contribution in [0.5, 0.6) is 11.6 Å². The van der Waals surface area contributed by atoms with Crippen LogP contribution in [0.4, 0.5) is 10.1 Å². The summed E-state index contributed by atoms with van der Waals surface area (Å²) in [4.78, 5) is 16.2. The maximum absolute atomic E-state index is 14.3. The van der Waals surface area contributed by atoms with E-state index in [1.807, 2.05) is 0 Å². The van der Waals surface area contributed by atoms with Gasteiger partial charge in [-0.05, 0) is 74.2 Å². The third kappa shape index (κ3) is 4.67. The number of hydrogen-bond donors (Lipinski definition) is 3. The van der Waals surface area contributed by atoms with Gasteiger partial charge in [0.05, 0.1) is 22.4 Å². The van der Waals surface area contributed by atoms with Crippen LogP contribution in [0.1, 0.15) is 66.4 Å². The summed E-state index contributed by atoms with van der Waals surface area (Å²) in [6, 6.07) is 13.6. The lowest BCUT2D eigenvalue weighted by Gasteiger charge is -2.23. The van der Waals surface area contributed by atoms with E-state index in [0.29, 0.717) is 27.3 Å². The summed E-state index contributed by atoms with van der Waals surface area (Å²) in [6.07, 6.45) is 5.31. The SMILES string of the molecule is CC(=Nc1cc(Cl)cc(C2CCCCC2)c1O)c1c(O)n(-c2cccc(C(=O)O)c2)c2ccc(F)cc12. The molecule has 0 saturated heterocycles. The molecule has 0 unspecified atom stereocenters. The highest BCUT2D eigenvalue weighted by Crippen LogP contribution is 2.44. The maximum atomic E-state index is 14.3. The number of aliphatic imine (C=N–C) groups is 1. The molecule has 0 radical (unpaired) electrons. The number of hydrogen-bond acceptors (Lipinski definition) is 4. The average molecular weight is 521 g/mol. The second-order valence-corrected chi connectivity index (χ2v) is 9.88. The number of halogens is 2. The van der Waals surface area contributed by atoms with Gasteiger partial charge in [0, 0.05) is 21.7 Å². The Labute approximate surface area is 218 Å². The fraction of sp³-hybridized carbons (Fsp3) is 0.241. The molecule has 0 amide bonds. The molecule has 3 N–H and O–H groups in total. The average Bonchev–Trinajstić information content (AvgIpc) is 3.17. The topological polar surface area (TPSA) is 95.1 Å². The Balaban J connectivity index is 1.68. The van der Waals surface area contributed by atoms with Crippen LogP contribution in [0.25, 0.3) is 16.6 Å². The van der Waals surface area contributed by atoms with E-state index in [4.69, 9.17) is 11.6 Å². The third-order valence-electron chi connectivity index (χ3n) is 7.03. The van der Waals surface area contributed by atoms with E-state index in [0.717, 1.165) is 31.2 Å². The van der Waals surface area contributed by atoms with Crippen LogP contribution < -0.4 is 0 Å². The molecule has 8 heteroatoms. The molecule has 1 aliphatic carbocycles. The molecular formula is C29H26ClFN2O4. The minimum Gasteiger partial charge on any atom is -0.505 e. The number of aromatic nitrogens is 1. The van der Waals surface area contributed by atoms with Crippen molar-refractivity contribution in [2.45, 2.75) is 44.9 Å². The zero-order valence-electron chi connectivity index (χ0n) is 20.2. The number of carboxylic acids is 1. The van der Waals surface area contributed by atoms with Gasteiger partial charge < -0.3 is 15.3 Å². The first-order valence-corrected chi connectivity index (χ1v) is 12.6. The first-order chi connectivity index (χ1) is 17.7. The van der Waals surface area contributed by atoms with Crippen LogP contribution in [0.3, 0.4) is 0 Å². The van der Waals surface area contributed by atoms with Crippen molar-refractivity contribution in [3.63, 3.8) is 0 Å². The number of aromatic carboxylic acids is 1. The van der Waals surface area contributed by atoms with E-state index in [1.54, 1.807) is 31.2 Å². The van der Waals surface area contributed by atoms with Gasteiger partial charge in [0.15, 0.2) is 0 Å². The molecule has 0 atom stereocenters. The fourth-order valence-corrected chi connectivity index (χ4v) is 5.52. The number of carboxylic acid groups (broad SMARTS) is 1. The molecule has 0 bridgehead atoms. The highest BCUT2D eigenvalue weighted by atomic mass is 35.5. The van der Waals surface area contributed by atoms with Gasteiger partial charge >= 0.3 is 5.97 Å². The molecule has 6 nitrogen and oxygen atoms in total. The Morgan fingerprint density at radius 3 is 2.54 bits per heavy atom. The molecule has 1 fully saturated rings. The van der Waals surface area contributed by atoms with Gasteiger partial charge in [0.2, 0.25) is 5.88 Å².